The van der Waals surface area contributed by atoms with Gasteiger partial charge in [-0.2, -0.15) is 0 Å². The monoisotopic (exact) mass is 331 g/mol. The van der Waals surface area contributed by atoms with Crippen LogP contribution in [-0.4, -0.2) is 23.5 Å². The van der Waals surface area contributed by atoms with E-state index in [4.69, 9.17) is 5.73 Å². The fourth-order valence-electron chi connectivity index (χ4n) is 3.68. The third kappa shape index (κ3) is 5.05. The fraction of sp³-hybridized carbons (Fsp3) is 0.650. The van der Waals surface area contributed by atoms with Gasteiger partial charge in [-0.1, -0.05) is 43.2 Å². The van der Waals surface area contributed by atoms with E-state index in [1.807, 2.05) is 25.1 Å². The Morgan fingerprint density at radius 3 is 2.62 bits per heavy atom. The van der Waals surface area contributed by atoms with Gasteiger partial charge in [-0.15, -0.1) is 0 Å². The number of carbonyl (C=O) groups is 1. The molecular formula is C20H33N3O. The van der Waals surface area contributed by atoms with Crippen LogP contribution < -0.4 is 16.4 Å². The van der Waals surface area contributed by atoms with Gasteiger partial charge < -0.3 is 16.4 Å². The Bertz CT molecular complexity index is 539. The van der Waals surface area contributed by atoms with Crippen LogP contribution in [0.2, 0.25) is 0 Å². The maximum absolute atomic E-state index is 12.6. The number of hydrogen-bond acceptors (Lipinski definition) is 3. The number of benzene rings is 1. The largest absolute Gasteiger partial charge is 0.354 e. The molecule has 1 aliphatic carbocycles. The van der Waals surface area contributed by atoms with Crippen LogP contribution in [0, 0.1) is 5.92 Å². The molecule has 1 aromatic rings. The summed E-state index contributed by atoms with van der Waals surface area (Å²) >= 11 is 0. The van der Waals surface area contributed by atoms with Crippen LogP contribution in [0.15, 0.2) is 30.3 Å². The number of carbonyl (C=O) groups excluding carboxylic acids is 1. The van der Waals surface area contributed by atoms with Gasteiger partial charge in [-0.25, -0.2) is 0 Å². The summed E-state index contributed by atoms with van der Waals surface area (Å²) in [6.45, 7) is 8.99. The van der Waals surface area contributed by atoms with E-state index in [0.29, 0.717) is 6.54 Å². The fourth-order valence-corrected chi connectivity index (χ4v) is 3.68. The molecule has 3 unspecified atom stereocenters. The molecule has 0 radical (unpaired) electrons. The van der Waals surface area contributed by atoms with Crippen LogP contribution in [0.4, 0.5) is 0 Å². The van der Waals surface area contributed by atoms with Crippen LogP contribution in [-0.2, 0) is 4.79 Å². The van der Waals surface area contributed by atoms with Gasteiger partial charge in [0, 0.05) is 23.7 Å². The summed E-state index contributed by atoms with van der Waals surface area (Å²) in [7, 11) is 0. The highest BCUT2D eigenvalue weighted by molar-refractivity contribution is 5.80. The van der Waals surface area contributed by atoms with Crippen LogP contribution in [0.25, 0.3) is 0 Å². The third-order valence-electron chi connectivity index (χ3n) is 5.18. The quantitative estimate of drug-likeness (QED) is 0.750. The Hall–Kier alpha value is -1.39. The van der Waals surface area contributed by atoms with Crippen LogP contribution in [0.5, 0.6) is 0 Å². The van der Waals surface area contributed by atoms with Gasteiger partial charge in [-0.05, 0) is 46.1 Å². The zero-order valence-corrected chi connectivity index (χ0v) is 15.6. The van der Waals surface area contributed by atoms with Gasteiger partial charge in [-0.3, -0.25) is 4.79 Å². The van der Waals surface area contributed by atoms with E-state index in [0.717, 1.165) is 25.7 Å². The molecule has 0 heterocycles. The topological polar surface area (TPSA) is 67.1 Å². The number of hydrogen-bond donors (Lipinski definition) is 3. The van der Waals surface area contributed by atoms with Gasteiger partial charge in [0.05, 0.1) is 5.92 Å². The molecule has 1 aromatic carbocycles. The van der Waals surface area contributed by atoms with Crippen LogP contribution in [0.1, 0.15) is 65.0 Å². The van der Waals surface area contributed by atoms with Crippen LogP contribution >= 0.6 is 0 Å². The Labute approximate surface area is 146 Å². The van der Waals surface area contributed by atoms with Crippen molar-refractivity contribution in [3.8, 4) is 0 Å². The standard InChI is InChI=1S/C20H33N3O/c1-15(16-10-6-5-7-11-16)23-19(2,3)14-22-18(24)17-12-8-9-13-20(17,4)21/h5-7,10-11,15,17,23H,8-9,12-14,21H2,1-4H3,(H,22,24). The second-order valence-corrected chi connectivity index (χ2v) is 8.18. The van der Waals surface area contributed by atoms with Crippen LogP contribution in [0.3, 0.4) is 0 Å². The number of nitrogens with one attached hydrogen (secondary N) is 2. The van der Waals surface area contributed by atoms with Gasteiger partial charge in [0.15, 0.2) is 0 Å². The molecule has 4 N–H and O–H groups in total. The van der Waals surface area contributed by atoms with E-state index < -0.39 is 0 Å². The number of rotatable bonds is 6. The van der Waals surface area contributed by atoms with Crippen molar-refractivity contribution in [1.29, 1.82) is 0 Å². The molecule has 2 rings (SSSR count). The summed E-state index contributed by atoms with van der Waals surface area (Å²) in [6.07, 6.45) is 4.04. The molecule has 1 amide bonds. The highest BCUT2D eigenvalue weighted by Crippen LogP contribution is 2.31. The predicted octanol–water partition coefficient (Wildman–Crippen LogP) is 3.14. The highest BCUT2D eigenvalue weighted by Gasteiger charge is 2.38. The summed E-state index contributed by atoms with van der Waals surface area (Å²) in [5, 5.41) is 6.73. The molecule has 0 spiro atoms. The van der Waals surface area contributed by atoms with Crippen molar-refractivity contribution in [2.24, 2.45) is 11.7 Å². The molecule has 24 heavy (non-hydrogen) atoms. The third-order valence-corrected chi connectivity index (χ3v) is 5.18. The lowest BCUT2D eigenvalue weighted by atomic mass is 9.74. The first-order valence-corrected chi connectivity index (χ1v) is 9.10. The normalized spacial score (nSPS) is 26.0. The van der Waals surface area contributed by atoms with Crippen molar-refractivity contribution in [1.82, 2.24) is 10.6 Å². The zero-order chi connectivity index (χ0) is 17.8. The summed E-state index contributed by atoms with van der Waals surface area (Å²) < 4.78 is 0. The predicted molar refractivity (Wildman–Crippen MR) is 99.6 cm³/mol. The molecular weight excluding hydrogens is 298 g/mol. The van der Waals surface area contributed by atoms with E-state index in [1.54, 1.807) is 0 Å². The van der Waals surface area contributed by atoms with Gasteiger partial charge in [0.25, 0.3) is 0 Å². The van der Waals surface area contributed by atoms with Gasteiger partial charge in [0.1, 0.15) is 0 Å². The van der Waals surface area contributed by atoms with Crippen molar-refractivity contribution < 1.29 is 4.79 Å². The Morgan fingerprint density at radius 1 is 1.33 bits per heavy atom. The lowest BCUT2D eigenvalue weighted by molar-refractivity contribution is -0.128. The first kappa shape index (κ1) is 18.9. The minimum absolute atomic E-state index is 0.0754. The van der Waals surface area contributed by atoms with E-state index >= 15 is 0 Å². The number of amides is 1. The second kappa shape index (κ2) is 7.66. The summed E-state index contributed by atoms with van der Waals surface area (Å²) in [6, 6.07) is 10.6. The maximum Gasteiger partial charge on any atom is 0.225 e. The van der Waals surface area contributed by atoms with E-state index in [2.05, 4.69) is 43.5 Å². The summed E-state index contributed by atoms with van der Waals surface area (Å²) in [5.74, 6) is 0.0236. The lowest BCUT2D eigenvalue weighted by Crippen LogP contribution is -2.56. The van der Waals surface area contributed by atoms with Crippen molar-refractivity contribution in [2.45, 2.75) is 70.5 Å². The summed E-state index contributed by atoms with van der Waals surface area (Å²) in [4.78, 5) is 12.6. The molecule has 0 saturated heterocycles. The van der Waals surface area contributed by atoms with E-state index in [1.165, 1.54) is 5.56 Å². The average Bonchev–Trinajstić information content (AvgIpc) is 2.53. The molecule has 1 aliphatic rings. The molecule has 0 aromatic heterocycles. The Kier molecular flexibility index (Phi) is 6.05. The number of nitrogens with two attached hydrogens (primary N) is 1. The minimum Gasteiger partial charge on any atom is -0.354 e. The molecule has 134 valence electrons. The van der Waals surface area contributed by atoms with Crippen molar-refractivity contribution in [3.63, 3.8) is 0 Å². The molecule has 4 heteroatoms. The molecule has 4 nitrogen and oxygen atoms in total. The van der Waals surface area contributed by atoms with Gasteiger partial charge in [0.2, 0.25) is 5.91 Å². The zero-order valence-electron chi connectivity index (χ0n) is 15.6. The molecule has 1 saturated carbocycles. The van der Waals surface area contributed by atoms with E-state index in [9.17, 15) is 4.79 Å². The average molecular weight is 332 g/mol. The first-order valence-electron chi connectivity index (χ1n) is 9.10. The first-order chi connectivity index (χ1) is 11.2. The summed E-state index contributed by atoms with van der Waals surface area (Å²) in [5.41, 5.74) is 7.02. The van der Waals surface area contributed by atoms with Crippen molar-refractivity contribution in [3.05, 3.63) is 35.9 Å². The van der Waals surface area contributed by atoms with E-state index in [-0.39, 0.29) is 28.9 Å². The molecule has 1 fully saturated rings. The SMILES string of the molecule is CC(NC(C)(C)CNC(=O)C1CCCCC1(C)N)c1ccccc1. The molecule has 0 bridgehead atoms. The highest BCUT2D eigenvalue weighted by atomic mass is 16.1. The molecule has 0 aliphatic heterocycles. The second-order valence-electron chi connectivity index (χ2n) is 8.18. The maximum atomic E-state index is 12.6. The molecule has 3 atom stereocenters. The van der Waals surface area contributed by atoms with Gasteiger partial charge >= 0.3 is 0 Å². The Morgan fingerprint density at radius 2 is 2.00 bits per heavy atom. The van der Waals surface area contributed by atoms with Crippen molar-refractivity contribution >= 4 is 5.91 Å². The smallest absolute Gasteiger partial charge is 0.225 e. The van der Waals surface area contributed by atoms with Crippen molar-refractivity contribution in [2.75, 3.05) is 6.54 Å². The lowest BCUT2D eigenvalue weighted by Gasteiger charge is -2.38. The minimum atomic E-state index is -0.378. The Balaban J connectivity index is 1.88.